The highest BCUT2D eigenvalue weighted by atomic mass is 19.1. The van der Waals surface area contributed by atoms with E-state index in [0.717, 1.165) is 36.3 Å². The smallest absolute Gasteiger partial charge is 0.131 e. The SMILES string of the molecule is CCCNCc1ccc(-c2cccc3c2OCC3)c(F)c1. The van der Waals surface area contributed by atoms with Gasteiger partial charge in [0, 0.05) is 24.1 Å². The molecule has 2 aromatic carbocycles. The van der Waals surface area contributed by atoms with Crippen molar-refractivity contribution in [3.63, 3.8) is 0 Å². The first-order valence-corrected chi connectivity index (χ1v) is 7.54. The normalized spacial score (nSPS) is 13.0. The lowest BCUT2D eigenvalue weighted by atomic mass is 9.99. The summed E-state index contributed by atoms with van der Waals surface area (Å²) < 4.78 is 20.1. The van der Waals surface area contributed by atoms with Gasteiger partial charge in [0.15, 0.2) is 0 Å². The van der Waals surface area contributed by atoms with Crippen LogP contribution in [0.25, 0.3) is 11.1 Å². The van der Waals surface area contributed by atoms with Crippen LogP contribution in [0.5, 0.6) is 5.75 Å². The molecule has 0 saturated carbocycles. The summed E-state index contributed by atoms with van der Waals surface area (Å²) in [5, 5.41) is 3.29. The van der Waals surface area contributed by atoms with Gasteiger partial charge in [0.1, 0.15) is 11.6 Å². The van der Waals surface area contributed by atoms with Gasteiger partial charge in [-0.05, 0) is 30.2 Å². The minimum Gasteiger partial charge on any atom is -0.492 e. The van der Waals surface area contributed by atoms with Crippen molar-refractivity contribution >= 4 is 0 Å². The monoisotopic (exact) mass is 285 g/mol. The van der Waals surface area contributed by atoms with Crippen LogP contribution in [0.15, 0.2) is 36.4 Å². The zero-order valence-electron chi connectivity index (χ0n) is 12.3. The molecule has 1 N–H and O–H groups in total. The summed E-state index contributed by atoms with van der Waals surface area (Å²) in [6, 6.07) is 11.4. The molecule has 3 heteroatoms. The molecule has 0 atom stereocenters. The van der Waals surface area contributed by atoms with Crippen LogP contribution >= 0.6 is 0 Å². The third kappa shape index (κ3) is 2.93. The highest BCUT2D eigenvalue weighted by Gasteiger charge is 2.18. The van der Waals surface area contributed by atoms with E-state index < -0.39 is 0 Å². The van der Waals surface area contributed by atoms with E-state index in [4.69, 9.17) is 4.74 Å². The summed E-state index contributed by atoms with van der Waals surface area (Å²) in [5.41, 5.74) is 3.61. The van der Waals surface area contributed by atoms with Gasteiger partial charge in [-0.15, -0.1) is 0 Å². The summed E-state index contributed by atoms with van der Waals surface area (Å²) >= 11 is 0. The maximum atomic E-state index is 14.4. The van der Waals surface area contributed by atoms with Gasteiger partial charge in [0.05, 0.1) is 6.61 Å². The molecule has 21 heavy (non-hydrogen) atoms. The molecule has 3 rings (SSSR count). The zero-order chi connectivity index (χ0) is 14.7. The Morgan fingerprint density at radius 1 is 1.19 bits per heavy atom. The van der Waals surface area contributed by atoms with E-state index in [1.807, 2.05) is 30.3 Å². The van der Waals surface area contributed by atoms with Gasteiger partial charge in [0.25, 0.3) is 0 Å². The van der Waals surface area contributed by atoms with E-state index in [2.05, 4.69) is 12.2 Å². The first-order chi connectivity index (χ1) is 10.3. The Hall–Kier alpha value is -1.87. The van der Waals surface area contributed by atoms with Crippen LogP contribution in [0.2, 0.25) is 0 Å². The number of nitrogens with one attached hydrogen (secondary N) is 1. The molecule has 1 aliphatic heterocycles. The van der Waals surface area contributed by atoms with Crippen molar-refractivity contribution in [2.75, 3.05) is 13.2 Å². The number of halogens is 1. The summed E-state index contributed by atoms with van der Waals surface area (Å²) in [6.45, 7) is 4.46. The van der Waals surface area contributed by atoms with Crippen LogP contribution in [-0.2, 0) is 13.0 Å². The maximum absolute atomic E-state index is 14.4. The lowest BCUT2D eigenvalue weighted by Crippen LogP contribution is -2.13. The molecule has 1 heterocycles. The fraction of sp³-hybridized carbons (Fsp3) is 0.333. The standard InChI is InChI=1S/C18H20FNO/c1-2-9-20-12-13-6-7-15(17(19)11-13)16-5-3-4-14-8-10-21-18(14)16/h3-7,11,20H,2,8-10,12H2,1H3. The van der Waals surface area contributed by atoms with Crippen LogP contribution in [0.3, 0.4) is 0 Å². The molecule has 1 aliphatic rings. The Balaban J connectivity index is 1.88. The average molecular weight is 285 g/mol. The topological polar surface area (TPSA) is 21.3 Å². The second-order valence-corrected chi connectivity index (χ2v) is 5.38. The molecule has 110 valence electrons. The second-order valence-electron chi connectivity index (χ2n) is 5.38. The van der Waals surface area contributed by atoms with Gasteiger partial charge in [-0.1, -0.05) is 37.3 Å². The largest absolute Gasteiger partial charge is 0.492 e. The second kappa shape index (κ2) is 6.27. The number of fused-ring (bicyclic) bond motifs is 1. The van der Waals surface area contributed by atoms with Crippen LogP contribution in [-0.4, -0.2) is 13.2 Å². The molecular formula is C18H20FNO. The molecule has 2 nitrogen and oxygen atoms in total. The first-order valence-electron chi connectivity index (χ1n) is 7.54. The summed E-state index contributed by atoms with van der Waals surface area (Å²) in [5.74, 6) is 0.656. The van der Waals surface area contributed by atoms with Gasteiger partial charge in [-0.3, -0.25) is 0 Å². The van der Waals surface area contributed by atoms with Crippen molar-refractivity contribution in [2.24, 2.45) is 0 Å². The summed E-state index contributed by atoms with van der Waals surface area (Å²) in [7, 11) is 0. The Kier molecular flexibility index (Phi) is 4.20. The number of rotatable bonds is 5. The molecule has 0 spiro atoms. The Labute approximate surface area is 125 Å². The van der Waals surface area contributed by atoms with E-state index in [9.17, 15) is 4.39 Å². The Bertz CT molecular complexity index is 639. The van der Waals surface area contributed by atoms with Gasteiger partial charge in [-0.25, -0.2) is 4.39 Å². The molecule has 0 bridgehead atoms. The fourth-order valence-electron chi connectivity index (χ4n) is 2.72. The molecule has 0 aromatic heterocycles. The summed E-state index contributed by atoms with van der Waals surface area (Å²) in [6.07, 6.45) is 1.98. The third-order valence-electron chi connectivity index (χ3n) is 3.79. The minimum atomic E-state index is -0.185. The zero-order valence-corrected chi connectivity index (χ0v) is 12.3. The lowest BCUT2D eigenvalue weighted by molar-refractivity contribution is 0.358. The third-order valence-corrected chi connectivity index (χ3v) is 3.79. The van der Waals surface area contributed by atoms with Gasteiger partial charge < -0.3 is 10.1 Å². The molecule has 0 radical (unpaired) electrons. The minimum absolute atomic E-state index is 0.185. The van der Waals surface area contributed by atoms with Crippen LogP contribution < -0.4 is 10.1 Å². The van der Waals surface area contributed by atoms with Crippen molar-refractivity contribution in [3.8, 4) is 16.9 Å². The number of hydrogen-bond donors (Lipinski definition) is 1. The highest BCUT2D eigenvalue weighted by molar-refractivity contribution is 5.73. The molecule has 2 aromatic rings. The Morgan fingerprint density at radius 3 is 2.90 bits per heavy atom. The van der Waals surface area contributed by atoms with Gasteiger partial charge >= 0.3 is 0 Å². The molecule has 0 aliphatic carbocycles. The van der Waals surface area contributed by atoms with Crippen molar-refractivity contribution in [2.45, 2.75) is 26.3 Å². The van der Waals surface area contributed by atoms with Crippen molar-refractivity contribution in [3.05, 3.63) is 53.3 Å². The Morgan fingerprint density at radius 2 is 2.10 bits per heavy atom. The first kappa shape index (κ1) is 14.1. The predicted octanol–water partition coefficient (Wildman–Crippen LogP) is 3.93. The lowest BCUT2D eigenvalue weighted by Gasteiger charge is -2.11. The van der Waals surface area contributed by atoms with E-state index in [-0.39, 0.29) is 5.82 Å². The quantitative estimate of drug-likeness (QED) is 0.841. The van der Waals surface area contributed by atoms with Gasteiger partial charge in [0.2, 0.25) is 0 Å². The molecule has 0 amide bonds. The van der Waals surface area contributed by atoms with E-state index in [1.54, 1.807) is 6.07 Å². The predicted molar refractivity (Wildman–Crippen MR) is 83.0 cm³/mol. The molecular weight excluding hydrogens is 265 g/mol. The molecule has 0 unspecified atom stereocenters. The van der Waals surface area contributed by atoms with Crippen LogP contribution in [0, 0.1) is 5.82 Å². The van der Waals surface area contributed by atoms with E-state index in [1.165, 1.54) is 5.56 Å². The number of para-hydroxylation sites is 1. The van der Waals surface area contributed by atoms with Crippen molar-refractivity contribution in [1.29, 1.82) is 0 Å². The van der Waals surface area contributed by atoms with Crippen LogP contribution in [0.4, 0.5) is 4.39 Å². The summed E-state index contributed by atoms with van der Waals surface area (Å²) in [4.78, 5) is 0. The number of hydrogen-bond acceptors (Lipinski definition) is 2. The number of benzene rings is 2. The van der Waals surface area contributed by atoms with Crippen molar-refractivity contribution in [1.82, 2.24) is 5.32 Å². The van der Waals surface area contributed by atoms with Crippen LogP contribution in [0.1, 0.15) is 24.5 Å². The fourth-order valence-corrected chi connectivity index (χ4v) is 2.72. The van der Waals surface area contributed by atoms with Crippen molar-refractivity contribution < 1.29 is 9.13 Å². The van der Waals surface area contributed by atoms with E-state index in [0.29, 0.717) is 18.7 Å². The molecule has 0 fully saturated rings. The molecule has 0 saturated heterocycles. The average Bonchev–Trinajstić information content (AvgIpc) is 2.96. The number of ether oxygens (including phenoxy) is 1. The maximum Gasteiger partial charge on any atom is 0.131 e. The highest BCUT2D eigenvalue weighted by Crippen LogP contribution is 2.37. The van der Waals surface area contributed by atoms with E-state index >= 15 is 0 Å². The van der Waals surface area contributed by atoms with Gasteiger partial charge in [-0.2, -0.15) is 0 Å².